The molecule has 0 fully saturated rings. The van der Waals surface area contributed by atoms with E-state index >= 15 is 0 Å². The van der Waals surface area contributed by atoms with Crippen LogP contribution in [0.15, 0.2) is 0 Å². The summed E-state index contributed by atoms with van der Waals surface area (Å²) in [4.78, 5) is 2.27. The van der Waals surface area contributed by atoms with Crippen LogP contribution < -0.4 is 4.65 Å². The highest BCUT2D eigenvalue weighted by atomic mass is 28.4. The van der Waals surface area contributed by atoms with Crippen LogP contribution in [0.5, 0.6) is 0 Å². The summed E-state index contributed by atoms with van der Waals surface area (Å²) in [7, 11) is 3.41. The molecule has 0 aliphatic rings. The predicted octanol–water partition coefficient (Wildman–Crippen LogP) is 0.865. The molecule has 0 aromatic carbocycles. The van der Waals surface area contributed by atoms with E-state index in [0.717, 1.165) is 0 Å². The van der Waals surface area contributed by atoms with Crippen molar-refractivity contribution in [2.24, 2.45) is 0 Å². The van der Waals surface area contributed by atoms with E-state index in [1.54, 1.807) is 0 Å². The fourth-order valence-electron chi connectivity index (χ4n) is 1.02. The molecule has 0 aliphatic carbocycles. The van der Waals surface area contributed by atoms with Crippen LogP contribution in [0.4, 0.5) is 0 Å². The standard InChI is InChI=1S/C8H24N2Si2/c1-10(2)7-6-8-11-9-12(3,4)5/h9H,6-8,11H2,1-5H3. The zero-order valence-electron chi connectivity index (χ0n) is 9.28. The van der Waals surface area contributed by atoms with E-state index in [4.69, 9.17) is 0 Å². The minimum Gasteiger partial charge on any atom is -0.364 e. The van der Waals surface area contributed by atoms with E-state index in [1.165, 1.54) is 19.0 Å². The van der Waals surface area contributed by atoms with Crippen LogP contribution in [0.2, 0.25) is 25.7 Å². The van der Waals surface area contributed by atoms with Gasteiger partial charge in [0.25, 0.3) is 0 Å². The van der Waals surface area contributed by atoms with Crippen LogP contribution in [-0.4, -0.2) is 43.5 Å². The zero-order chi connectivity index (χ0) is 9.61. The lowest BCUT2D eigenvalue weighted by Crippen LogP contribution is -2.43. The van der Waals surface area contributed by atoms with Crippen LogP contribution in [0.1, 0.15) is 6.42 Å². The Kier molecular flexibility index (Phi) is 6.08. The quantitative estimate of drug-likeness (QED) is 0.510. The monoisotopic (exact) mass is 204 g/mol. The lowest BCUT2D eigenvalue weighted by Gasteiger charge is -2.18. The second kappa shape index (κ2) is 5.91. The Balaban J connectivity index is 3.12. The summed E-state index contributed by atoms with van der Waals surface area (Å²) in [5.74, 6) is 0. The summed E-state index contributed by atoms with van der Waals surface area (Å²) in [5.41, 5.74) is 0. The SMILES string of the molecule is CN(C)CCC[SiH2]N[Si](C)(C)C. The molecule has 0 heterocycles. The first-order valence-corrected chi connectivity index (χ1v) is 10.0. The molecule has 0 radical (unpaired) electrons. The van der Waals surface area contributed by atoms with Crippen molar-refractivity contribution in [1.29, 1.82) is 0 Å². The Bertz CT molecular complexity index is 110. The lowest BCUT2D eigenvalue weighted by atomic mass is 10.5. The van der Waals surface area contributed by atoms with Gasteiger partial charge in [0.2, 0.25) is 0 Å². The second-order valence-corrected chi connectivity index (χ2v) is 11.8. The Morgan fingerprint density at radius 2 is 1.83 bits per heavy atom. The minimum absolute atomic E-state index is 0.0492. The Morgan fingerprint density at radius 3 is 2.25 bits per heavy atom. The van der Waals surface area contributed by atoms with Gasteiger partial charge in [0.1, 0.15) is 8.24 Å². The first-order valence-electron chi connectivity index (χ1n) is 4.81. The van der Waals surface area contributed by atoms with Gasteiger partial charge in [-0.25, -0.2) is 0 Å². The third-order valence-electron chi connectivity index (χ3n) is 1.69. The molecular formula is C8H24N2Si2. The first-order chi connectivity index (χ1) is 5.42. The molecular weight excluding hydrogens is 180 g/mol. The average Bonchev–Trinajstić information content (AvgIpc) is 1.83. The Hall–Kier alpha value is 0.354. The molecule has 0 bridgehead atoms. The molecule has 4 heteroatoms. The van der Waals surface area contributed by atoms with Crippen molar-refractivity contribution >= 4 is 17.9 Å². The molecule has 0 unspecified atom stereocenters. The molecule has 2 nitrogen and oxygen atoms in total. The van der Waals surface area contributed by atoms with Crippen molar-refractivity contribution in [3.8, 4) is 0 Å². The smallest absolute Gasteiger partial charge is 0.109 e. The van der Waals surface area contributed by atoms with E-state index < -0.39 is 8.24 Å². The third kappa shape index (κ3) is 10.4. The van der Waals surface area contributed by atoms with Crippen molar-refractivity contribution in [1.82, 2.24) is 9.55 Å². The zero-order valence-corrected chi connectivity index (χ0v) is 11.7. The summed E-state index contributed by atoms with van der Waals surface area (Å²) >= 11 is 0. The summed E-state index contributed by atoms with van der Waals surface area (Å²) in [6, 6.07) is 1.45. The molecule has 0 aromatic rings. The van der Waals surface area contributed by atoms with Gasteiger partial charge in [-0.05, 0) is 33.1 Å². The van der Waals surface area contributed by atoms with Gasteiger partial charge in [0.15, 0.2) is 0 Å². The van der Waals surface area contributed by atoms with Gasteiger partial charge in [-0.1, -0.05) is 19.6 Å². The minimum atomic E-state index is -0.936. The van der Waals surface area contributed by atoms with E-state index in [9.17, 15) is 0 Å². The fourth-order valence-corrected chi connectivity index (χ4v) is 5.20. The number of rotatable bonds is 6. The van der Waals surface area contributed by atoms with Crippen molar-refractivity contribution in [3.05, 3.63) is 0 Å². The number of nitrogens with zero attached hydrogens (tertiary/aromatic N) is 1. The molecule has 12 heavy (non-hydrogen) atoms. The van der Waals surface area contributed by atoms with Crippen LogP contribution in [0.25, 0.3) is 0 Å². The largest absolute Gasteiger partial charge is 0.364 e. The lowest BCUT2D eigenvalue weighted by molar-refractivity contribution is 0.408. The van der Waals surface area contributed by atoms with Crippen LogP contribution in [-0.2, 0) is 0 Å². The van der Waals surface area contributed by atoms with Crippen molar-refractivity contribution in [2.45, 2.75) is 32.1 Å². The molecule has 0 saturated carbocycles. The molecule has 0 rings (SSSR count). The number of hydrogen-bond acceptors (Lipinski definition) is 2. The number of nitrogens with one attached hydrogen (secondary N) is 1. The van der Waals surface area contributed by atoms with E-state index in [2.05, 4.69) is 43.3 Å². The van der Waals surface area contributed by atoms with Gasteiger partial charge in [-0.2, -0.15) is 0 Å². The second-order valence-electron chi connectivity index (χ2n) is 4.69. The van der Waals surface area contributed by atoms with Gasteiger partial charge in [-0.15, -0.1) is 0 Å². The predicted molar refractivity (Wildman–Crippen MR) is 63.0 cm³/mol. The van der Waals surface area contributed by atoms with Crippen LogP contribution in [0, 0.1) is 0 Å². The van der Waals surface area contributed by atoms with Gasteiger partial charge in [-0.3, -0.25) is 0 Å². The van der Waals surface area contributed by atoms with Crippen LogP contribution >= 0.6 is 0 Å². The molecule has 0 spiro atoms. The van der Waals surface area contributed by atoms with Crippen molar-refractivity contribution in [2.75, 3.05) is 20.6 Å². The highest BCUT2D eigenvalue weighted by molar-refractivity contribution is 6.79. The molecule has 0 atom stereocenters. The topological polar surface area (TPSA) is 15.3 Å². The van der Waals surface area contributed by atoms with E-state index in [-0.39, 0.29) is 9.68 Å². The highest BCUT2D eigenvalue weighted by Gasteiger charge is 2.10. The summed E-state index contributed by atoms with van der Waals surface area (Å²) < 4.78 is 3.75. The van der Waals surface area contributed by atoms with Crippen LogP contribution in [0.3, 0.4) is 0 Å². The molecule has 1 N–H and O–H groups in total. The molecule has 0 saturated heterocycles. The average molecular weight is 204 g/mol. The van der Waals surface area contributed by atoms with Gasteiger partial charge >= 0.3 is 0 Å². The molecule has 0 amide bonds. The normalized spacial score (nSPS) is 13.5. The van der Waals surface area contributed by atoms with Gasteiger partial charge in [0, 0.05) is 0 Å². The van der Waals surface area contributed by atoms with Gasteiger partial charge < -0.3 is 9.55 Å². The van der Waals surface area contributed by atoms with Crippen molar-refractivity contribution in [3.63, 3.8) is 0 Å². The first kappa shape index (κ1) is 12.4. The third-order valence-corrected chi connectivity index (χ3v) is 7.78. The Labute approximate surface area is 80.7 Å². The molecule has 0 aliphatic heterocycles. The maximum absolute atomic E-state index is 3.75. The maximum atomic E-state index is 3.75. The fraction of sp³-hybridized carbons (Fsp3) is 1.00. The Morgan fingerprint density at radius 1 is 1.25 bits per heavy atom. The van der Waals surface area contributed by atoms with E-state index in [0.29, 0.717) is 0 Å². The number of hydrogen-bond donors (Lipinski definition) is 1. The summed E-state index contributed by atoms with van der Waals surface area (Å²) in [6.07, 6.45) is 1.37. The summed E-state index contributed by atoms with van der Waals surface area (Å²) in [6.45, 7) is 8.39. The van der Waals surface area contributed by atoms with Gasteiger partial charge in [0.05, 0.1) is 9.68 Å². The molecule has 74 valence electrons. The maximum Gasteiger partial charge on any atom is 0.109 e. The van der Waals surface area contributed by atoms with E-state index in [1.807, 2.05) is 0 Å². The molecule has 0 aromatic heterocycles. The van der Waals surface area contributed by atoms with Crippen molar-refractivity contribution < 1.29 is 0 Å². The highest BCUT2D eigenvalue weighted by Crippen LogP contribution is 1.95. The summed E-state index contributed by atoms with van der Waals surface area (Å²) in [5, 5.41) is 0.